The van der Waals surface area contributed by atoms with Gasteiger partial charge in [-0.25, -0.2) is 9.59 Å². The SMILES string of the molecule is CC(=O)Nc1ccc2c(CN3C(=O)NC(C)(c4ccccc4C)C3=O)cc(=O)oc2c1. The molecule has 8 nitrogen and oxygen atoms in total. The summed E-state index contributed by atoms with van der Waals surface area (Å²) in [6, 6.07) is 13.0. The predicted octanol–water partition coefficient (Wildman–Crippen LogP) is 3.03. The van der Waals surface area contributed by atoms with Crippen LogP contribution in [0.4, 0.5) is 10.5 Å². The van der Waals surface area contributed by atoms with Gasteiger partial charge in [-0.05, 0) is 42.7 Å². The van der Waals surface area contributed by atoms with Gasteiger partial charge in [-0.15, -0.1) is 0 Å². The lowest BCUT2D eigenvalue weighted by atomic mass is 9.88. The molecule has 2 aromatic carbocycles. The Labute approximate surface area is 177 Å². The van der Waals surface area contributed by atoms with Crippen molar-refractivity contribution in [3.63, 3.8) is 0 Å². The van der Waals surface area contributed by atoms with E-state index in [1.165, 1.54) is 19.1 Å². The number of nitrogens with zero attached hydrogens (tertiary/aromatic N) is 1. The summed E-state index contributed by atoms with van der Waals surface area (Å²) in [5, 5.41) is 5.99. The normalized spacial score (nSPS) is 18.4. The van der Waals surface area contributed by atoms with Crippen molar-refractivity contribution in [2.45, 2.75) is 32.9 Å². The summed E-state index contributed by atoms with van der Waals surface area (Å²) in [7, 11) is 0. The third kappa shape index (κ3) is 3.56. The fourth-order valence-corrected chi connectivity index (χ4v) is 3.97. The van der Waals surface area contributed by atoms with E-state index in [9.17, 15) is 19.2 Å². The summed E-state index contributed by atoms with van der Waals surface area (Å²) < 4.78 is 5.26. The maximum absolute atomic E-state index is 13.3. The lowest BCUT2D eigenvalue weighted by Gasteiger charge is -2.24. The summed E-state index contributed by atoms with van der Waals surface area (Å²) in [5.41, 5.74) is 0.986. The highest BCUT2D eigenvalue weighted by atomic mass is 16.4. The molecular formula is C23H21N3O5. The largest absolute Gasteiger partial charge is 0.423 e. The van der Waals surface area contributed by atoms with Gasteiger partial charge in [0.15, 0.2) is 0 Å². The van der Waals surface area contributed by atoms with Crippen LogP contribution in [0, 0.1) is 6.92 Å². The predicted molar refractivity (Wildman–Crippen MR) is 114 cm³/mol. The maximum atomic E-state index is 13.3. The Kier molecular flexibility index (Phi) is 4.85. The van der Waals surface area contributed by atoms with Crippen molar-refractivity contribution in [2.24, 2.45) is 0 Å². The minimum Gasteiger partial charge on any atom is -0.423 e. The molecule has 0 radical (unpaired) electrons. The quantitative estimate of drug-likeness (QED) is 0.499. The number of carbonyl (C=O) groups excluding carboxylic acids is 3. The fourth-order valence-electron chi connectivity index (χ4n) is 3.97. The Morgan fingerprint density at radius 1 is 1.13 bits per heavy atom. The van der Waals surface area contributed by atoms with Gasteiger partial charge in [0.1, 0.15) is 11.1 Å². The van der Waals surface area contributed by atoms with Crippen molar-refractivity contribution in [1.29, 1.82) is 0 Å². The zero-order valence-corrected chi connectivity index (χ0v) is 17.3. The van der Waals surface area contributed by atoms with Gasteiger partial charge in [-0.2, -0.15) is 0 Å². The molecule has 1 atom stereocenters. The zero-order valence-electron chi connectivity index (χ0n) is 17.3. The van der Waals surface area contributed by atoms with Gasteiger partial charge in [0, 0.05) is 30.1 Å². The summed E-state index contributed by atoms with van der Waals surface area (Å²) in [5.74, 6) is -0.657. The number of nitrogens with one attached hydrogen (secondary N) is 2. The van der Waals surface area contributed by atoms with Crippen LogP contribution >= 0.6 is 0 Å². The number of rotatable bonds is 4. The highest BCUT2D eigenvalue weighted by molar-refractivity contribution is 6.07. The number of benzene rings is 2. The van der Waals surface area contributed by atoms with Crippen LogP contribution in [0.25, 0.3) is 11.0 Å². The van der Waals surface area contributed by atoms with Gasteiger partial charge >= 0.3 is 11.7 Å². The molecule has 1 fully saturated rings. The average Bonchev–Trinajstić information content (AvgIpc) is 2.91. The van der Waals surface area contributed by atoms with E-state index in [1.54, 1.807) is 19.1 Å². The van der Waals surface area contributed by atoms with Crippen LogP contribution in [0.2, 0.25) is 0 Å². The van der Waals surface area contributed by atoms with E-state index in [-0.39, 0.29) is 18.0 Å². The molecule has 4 rings (SSSR count). The molecule has 1 saturated heterocycles. The molecule has 0 saturated carbocycles. The molecule has 8 heteroatoms. The highest BCUT2D eigenvalue weighted by Crippen LogP contribution is 2.32. The van der Waals surface area contributed by atoms with Crippen LogP contribution in [0.3, 0.4) is 0 Å². The molecule has 4 amide bonds. The van der Waals surface area contributed by atoms with Crippen molar-refractivity contribution < 1.29 is 18.8 Å². The summed E-state index contributed by atoms with van der Waals surface area (Å²) in [4.78, 5) is 50.5. The number of hydrogen-bond donors (Lipinski definition) is 2. The van der Waals surface area contributed by atoms with Crippen molar-refractivity contribution in [2.75, 3.05) is 5.32 Å². The standard InChI is InChI=1S/C23H21N3O5/c1-13-6-4-5-7-18(13)23(3)21(29)26(22(30)25-23)12-15-10-20(28)31-19-11-16(24-14(2)27)8-9-17(15)19/h4-11H,12H2,1-3H3,(H,24,27)(H,25,30). The molecule has 1 aliphatic heterocycles. The van der Waals surface area contributed by atoms with E-state index in [0.29, 0.717) is 22.2 Å². The number of amides is 4. The third-order valence-electron chi connectivity index (χ3n) is 5.44. The molecule has 2 heterocycles. The van der Waals surface area contributed by atoms with E-state index < -0.39 is 23.1 Å². The summed E-state index contributed by atoms with van der Waals surface area (Å²) >= 11 is 0. The van der Waals surface area contributed by atoms with Crippen LogP contribution < -0.4 is 16.3 Å². The first kappa shape index (κ1) is 20.3. The van der Waals surface area contributed by atoms with E-state index in [4.69, 9.17) is 4.42 Å². The first-order valence-electron chi connectivity index (χ1n) is 9.73. The number of fused-ring (bicyclic) bond motifs is 1. The van der Waals surface area contributed by atoms with E-state index in [2.05, 4.69) is 10.6 Å². The number of anilines is 1. The lowest BCUT2D eigenvalue weighted by molar-refractivity contribution is -0.131. The Morgan fingerprint density at radius 3 is 2.58 bits per heavy atom. The topological polar surface area (TPSA) is 109 Å². The second-order valence-electron chi connectivity index (χ2n) is 7.74. The fraction of sp³-hybridized carbons (Fsp3) is 0.217. The Bertz CT molecular complexity index is 1300. The second-order valence-corrected chi connectivity index (χ2v) is 7.74. The van der Waals surface area contributed by atoms with E-state index in [1.807, 2.05) is 31.2 Å². The minimum atomic E-state index is -1.20. The van der Waals surface area contributed by atoms with Gasteiger partial charge in [0.25, 0.3) is 5.91 Å². The summed E-state index contributed by atoms with van der Waals surface area (Å²) in [6.45, 7) is 4.84. The molecule has 1 unspecified atom stereocenters. The smallest absolute Gasteiger partial charge is 0.336 e. The van der Waals surface area contributed by atoms with Crippen molar-refractivity contribution in [3.8, 4) is 0 Å². The number of urea groups is 1. The van der Waals surface area contributed by atoms with Gasteiger partial charge in [0.05, 0.1) is 6.54 Å². The number of hydrogen-bond acceptors (Lipinski definition) is 5. The minimum absolute atomic E-state index is 0.0896. The van der Waals surface area contributed by atoms with Gasteiger partial charge < -0.3 is 15.1 Å². The van der Waals surface area contributed by atoms with Crippen LogP contribution in [0.1, 0.15) is 30.5 Å². The first-order chi connectivity index (χ1) is 14.7. The number of aryl methyl sites for hydroxylation is 1. The molecule has 2 N–H and O–H groups in total. The second kappa shape index (κ2) is 7.39. The molecular weight excluding hydrogens is 398 g/mol. The molecule has 1 aromatic heterocycles. The first-order valence-corrected chi connectivity index (χ1v) is 9.73. The van der Waals surface area contributed by atoms with Gasteiger partial charge in [0.2, 0.25) is 5.91 Å². The van der Waals surface area contributed by atoms with Crippen molar-refractivity contribution >= 4 is 34.5 Å². The Morgan fingerprint density at radius 2 is 1.87 bits per heavy atom. The Hall–Kier alpha value is -3.94. The van der Waals surface area contributed by atoms with Gasteiger partial charge in [-0.3, -0.25) is 14.5 Å². The molecule has 1 aliphatic rings. The van der Waals surface area contributed by atoms with Crippen LogP contribution in [0.15, 0.2) is 57.7 Å². The molecule has 0 bridgehead atoms. The van der Waals surface area contributed by atoms with E-state index >= 15 is 0 Å². The molecule has 31 heavy (non-hydrogen) atoms. The molecule has 158 valence electrons. The molecule has 3 aromatic rings. The average molecular weight is 419 g/mol. The van der Waals surface area contributed by atoms with Crippen LogP contribution in [0.5, 0.6) is 0 Å². The van der Waals surface area contributed by atoms with Crippen molar-refractivity contribution in [3.05, 3.63) is 75.6 Å². The van der Waals surface area contributed by atoms with Crippen LogP contribution in [-0.4, -0.2) is 22.7 Å². The summed E-state index contributed by atoms with van der Waals surface area (Å²) in [6.07, 6.45) is 0. The molecule has 0 spiro atoms. The van der Waals surface area contributed by atoms with Gasteiger partial charge in [-0.1, -0.05) is 24.3 Å². The number of imide groups is 1. The highest BCUT2D eigenvalue weighted by Gasteiger charge is 2.49. The maximum Gasteiger partial charge on any atom is 0.336 e. The monoisotopic (exact) mass is 419 g/mol. The van der Waals surface area contributed by atoms with Crippen molar-refractivity contribution in [1.82, 2.24) is 10.2 Å². The third-order valence-corrected chi connectivity index (χ3v) is 5.44. The van der Waals surface area contributed by atoms with E-state index in [0.717, 1.165) is 10.5 Å². The van der Waals surface area contributed by atoms with Crippen LogP contribution in [-0.2, 0) is 21.7 Å². The zero-order chi connectivity index (χ0) is 22.3. The Balaban J connectivity index is 1.71. The lowest BCUT2D eigenvalue weighted by Crippen LogP contribution is -2.41. The number of carbonyl (C=O) groups is 3. The molecule has 0 aliphatic carbocycles.